The maximum Gasteiger partial charge on any atom is 0.169 e. The van der Waals surface area contributed by atoms with Crippen LogP contribution in [0.1, 0.15) is 31.0 Å². The molecule has 0 aliphatic heterocycles. The van der Waals surface area contributed by atoms with Crippen LogP contribution in [0.3, 0.4) is 0 Å². The van der Waals surface area contributed by atoms with Crippen LogP contribution in [0.2, 0.25) is 0 Å². The topological polar surface area (TPSA) is 66.0 Å². The van der Waals surface area contributed by atoms with Crippen LogP contribution >= 0.6 is 0 Å². The van der Waals surface area contributed by atoms with E-state index in [1.165, 1.54) is 0 Å². The minimum absolute atomic E-state index is 0.300. The van der Waals surface area contributed by atoms with E-state index >= 15 is 0 Å². The predicted octanol–water partition coefficient (Wildman–Crippen LogP) is 2.37. The molecule has 2 aromatic rings. The SMILES string of the molecule is Cc1ccccc1OCCn1nnc(N)c1C(C)C. The number of aromatic nitrogens is 3. The van der Waals surface area contributed by atoms with Crippen LogP contribution in [0, 0.1) is 6.92 Å². The van der Waals surface area contributed by atoms with Gasteiger partial charge in [0.25, 0.3) is 0 Å². The Morgan fingerprint density at radius 2 is 2.05 bits per heavy atom. The van der Waals surface area contributed by atoms with Crippen LogP contribution in [0.25, 0.3) is 0 Å². The normalized spacial score (nSPS) is 10.9. The fraction of sp³-hybridized carbons (Fsp3) is 0.429. The van der Waals surface area contributed by atoms with Gasteiger partial charge in [0.15, 0.2) is 5.82 Å². The van der Waals surface area contributed by atoms with Crippen molar-refractivity contribution >= 4 is 5.82 Å². The Morgan fingerprint density at radius 1 is 1.32 bits per heavy atom. The average molecular weight is 260 g/mol. The van der Waals surface area contributed by atoms with Gasteiger partial charge in [0.2, 0.25) is 0 Å². The van der Waals surface area contributed by atoms with E-state index in [0.717, 1.165) is 17.0 Å². The number of benzene rings is 1. The summed E-state index contributed by atoms with van der Waals surface area (Å²) >= 11 is 0. The zero-order valence-corrected chi connectivity index (χ0v) is 11.6. The Hall–Kier alpha value is -2.04. The average Bonchev–Trinajstić information content (AvgIpc) is 2.73. The molecule has 0 unspecified atom stereocenters. The van der Waals surface area contributed by atoms with E-state index in [-0.39, 0.29) is 0 Å². The van der Waals surface area contributed by atoms with Gasteiger partial charge in [-0.15, -0.1) is 5.10 Å². The Balaban J connectivity index is 1.99. The van der Waals surface area contributed by atoms with E-state index in [1.54, 1.807) is 0 Å². The molecular weight excluding hydrogens is 240 g/mol. The van der Waals surface area contributed by atoms with Crippen molar-refractivity contribution in [2.24, 2.45) is 0 Å². The number of anilines is 1. The van der Waals surface area contributed by atoms with Crippen molar-refractivity contribution in [1.82, 2.24) is 15.0 Å². The summed E-state index contributed by atoms with van der Waals surface area (Å²) in [6.07, 6.45) is 0. The lowest BCUT2D eigenvalue weighted by Gasteiger charge is -2.11. The highest BCUT2D eigenvalue weighted by molar-refractivity contribution is 5.35. The van der Waals surface area contributed by atoms with Gasteiger partial charge in [-0.2, -0.15) is 0 Å². The third-order valence-electron chi connectivity index (χ3n) is 3.00. The van der Waals surface area contributed by atoms with Gasteiger partial charge in [-0.1, -0.05) is 37.3 Å². The summed E-state index contributed by atoms with van der Waals surface area (Å²) in [5.41, 5.74) is 7.91. The van der Waals surface area contributed by atoms with Crippen LogP contribution < -0.4 is 10.5 Å². The Labute approximate surface area is 113 Å². The summed E-state index contributed by atoms with van der Waals surface area (Å²) in [4.78, 5) is 0. The zero-order chi connectivity index (χ0) is 13.8. The van der Waals surface area contributed by atoms with E-state index in [2.05, 4.69) is 24.2 Å². The minimum atomic E-state index is 0.300. The van der Waals surface area contributed by atoms with Crippen molar-refractivity contribution in [2.45, 2.75) is 33.2 Å². The molecule has 102 valence electrons. The molecule has 0 saturated heterocycles. The highest BCUT2D eigenvalue weighted by Gasteiger charge is 2.13. The van der Waals surface area contributed by atoms with Gasteiger partial charge in [0.05, 0.1) is 12.2 Å². The Morgan fingerprint density at radius 3 is 2.74 bits per heavy atom. The molecule has 1 aromatic carbocycles. The summed E-state index contributed by atoms with van der Waals surface area (Å²) in [7, 11) is 0. The van der Waals surface area contributed by atoms with Crippen molar-refractivity contribution in [1.29, 1.82) is 0 Å². The number of hydrogen-bond acceptors (Lipinski definition) is 4. The molecule has 2 rings (SSSR count). The third kappa shape index (κ3) is 3.05. The summed E-state index contributed by atoms with van der Waals surface area (Å²) in [6, 6.07) is 7.96. The van der Waals surface area contributed by atoms with Crippen LogP contribution in [0.15, 0.2) is 24.3 Å². The third-order valence-corrected chi connectivity index (χ3v) is 3.00. The molecular formula is C14H20N4O. The van der Waals surface area contributed by atoms with Crippen molar-refractivity contribution in [3.05, 3.63) is 35.5 Å². The van der Waals surface area contributed by atoms with Gasteiger partial charge >= 0.3 is 0 Å². The zero-order valence-electron chi connectivity index (χ0n) is 11.6. The van der Waals surface area contributed by atoms with E-state index < -0.39 is 0 Å². The van der Waals surface area contributed by atoms with Crippen LogP contribution in [-0.4, -0.2) is 21.6 Å². The monoisotopic (exact) mass is 260 g/mol. The van der Waals surface area contributed by atoms with Gasteiger partial charge in [0.1, 0.15) is 12.4 Å². The Kier molecular flexibility index (Phi) is 4.04. The fourth-order valence-corrected chi connectivity index (χ4v) is 2.05. The number of nitrogen functional groups attached to an aromatic ring is 1. The molecule has 0 bridgehead atoms. The summed E-state index contributed by atoms with van der Waals surface area (Å²) in [6.45, 7) is 7.38. The molecule has 19 heavy (non-hydrogen) atoms. The van der Waals surface area contributed by atoms with Crippen LogP contribution in [0.4, 0.5) is 5.82 Å². The van der Waals surface area contributed by atoms with Gasteiger partial charge < -0.3 is 10.5 Å². The molecule has 0 spiro atoms. The number of nitrogens with two attached hydrogens (primary N) is 1. The molecule has 5 heteroatoms. The second kappa shape index (κ2) is 5.73. The largest absolute Gasteiger partial charge is 0.491 e. The summed E-state index contributed by atoms with van der Waals surface area (Å²) in [5, 5.41) is 7.97. The molecule has 1 heterocycles. The molecule has 0 atom stereocenters. The number of ether oxygens (including phenoxy) is 1. The predicted molar refractivity (Wildman–Crippen MR) is 75.2 cm³/mol. The first-order chi connectivity index (χ1) is 9.09. The Bertz CT molecular complexity index is 548. The standard InChI is InChI=1S/C14H20N4O/c1-10(2)13-14(15)16-17-18(13)8-9-19-12-7-5-4-6-11(12)3/h4-7,10H,8-9,15H2,1-3H3. The first kappa shape index (κ1) is 13.4. The minimum Gasteiger partial charge on any atom is -0.491 e. The molecule has 1 aromatic heterocycles. The molecule has 0 amide bonds. The van der Waals surface area contributed by atoms with Crippen molar-refractivity contribution in [3.8, 4) is 5.75 Å². The van der Waals surface area contributed by atoms with E-state index in [1.807, 2.05) is 35.9 Å². The van der Waals surface area contributed by atoms with Gasteiger partial charge in [-0.05, 0) is 24.5 Å². The second-order valence-electron chi connectivity index (χ2n) is 4.85. The highest BCUT2D eigenvalue weighted by atomic mass is 16.5. The maximum absolute atomic E-state index is 5.81. The number of rotatable bonds is 5. The van der Waals surface area contributed by atoms with Gasteiger partial charge in [-0.25, -0.2) is 4.68 Å². The van der Waals surface area contributed by atoms with E-state index in [0.29, 0.717) is 24.9 Å². The smallest absolute Gasteiger partial charge is 0.169 e. The molecule has 2 N–H and O–H groups in total. The number of hydrogen-bond donors (Lipinski definition) is 1. The molecule has 0 fully saturated rings. The summed E-state index contributed by atoms with van der Waals surface area (Å²) in [5.74, 6) is 1.71. The van der Waals surface area contributed by atoms with Crippen molar-refractivity contribution in [3.63, 3.8) is 0 Å². The molecule has 0 radical (unpaired) electrons. The first-order valence-electron chi connectivity index (χ1n) is 6.47. The van der Waals surface area contributed by atoms with Crippen molar-refractivity contribution in [2.75, 3.05) is 12.3 Å². The molecule has 5 nitrogen and oxygen atoms in total. The second-order valence-corrected chi connectivity index (χ2v) is 4.85. The molecule has 0 aliphatic carbocycles. The van der Waals surface area contributed by atoms with E-state index in [9.17, 15) is 0 Å². The molecule has 0 aliphatic rings. The lowest BCUT2D eigenvalue weighted by atomic mass is 10.1. The lowest BCUT2D eigenvalue weighted by Crippen LogP contribution is -2.14. The maximum atomic E-state index is 5.81. The number of para-hydroxylation sites is 1. The van der Waals surface area contributed by atoms with Crippen LogP contribution in [-0.2, 0) is 6.54 Å². The fourth-order valence-electron chi connectivity index (χ4n) is 2.05. The summed E-state index contributed by atoms with van der Waals surface area (Å²) < 4.78 is 7.57. The van der Waals surface area contributed by atoms with E-state index in [4.69, 9.17) is 10.5 Å². The first-order valence-corrected chi connectivity index (χ1v) is 6.47. The van der Waals surface area contributed by atoms with Gasteiger partial charge in [0, 0.05) is 0 Å². The number of aryl methyl sites for hydroxylation is 1. The molecule has 0 saturated carbocycles. The highest BCUT2D eigenvalue weighted by Crippen LogP contribution is 2.19. The van der Waals surface area contributed by atoms with Crippen molar-refractivity contribution < 1.29 is 4.74 Å². The lowest BCUT2D eigenvalue weighted by molar-refractivity contribution is 0.285. The quantitative estimate of drug-likeness (QED) is 0.896. The van der Waals surface area contributed by atoms with Crippen LogP contribution in [0.5, 0.6) is 5.75 Å². The van der Waals surface area contributed by atoms with Gasteiger partial charge in [-0.3, -0.25) is 0 Å². The number of nitrogens with zero attached hydrogens (tertiary/aromatic N) is 3.